The van der Waals surface area contributed by atoms with E-state index in [1.54, 1.807) is 0 Å². The molecular formula is C14H17F3N2O3S. The fourth-order valence-corrected chi connectivity index (χ4v) is 3.40. The number of alkyl halides is 3. The molecule has 0 aliphatic heterocycles. The lowest BCUT2D eigenvalue weighted by molar-refractivity contribution is -0.137. The van der Waals surface area contributed by atoms with E-state index in [9.17, 15) is 21.6 Å². The van der Waals surface area contributed by atoms with Gasteiger partial charge in [-0.05, 0) is 11.6 Å². The molecule has 0 fully saturated rings. The van der Waals surface area contributed by atoms with Crippen LogP contribution in [-0.4, -0.2) is 39.5 Å². The maximum Gasteiger partial charge on any atom is 0.416 e. The third-order valence-corrected chi connectivity index (χ3v) is 4.86. The molecule has 0 aliphatic rings. The van der Waals surface area contributed by atoms with Gasteiger partial charge in [0.25, 0.3) is 0 Å². The highest BCUT2D eigenvalue weighted by molar-refractivity contribution is 7.88. The van der Waals surface area contributed by atoms with Gasteiger partial charge in [0.1, 0.15) is 0 Å². The number of benzene rings is 1. The number of sulfonamides is 1. The minimum Gasteiger partial charge on any atom is -0.383 e. The number of hydrogen-bond acceptors (Lipinski definition) is 4. The van der Waals surface area contributed by atoms with Crippen LogP contribution in [0, 0.1) is 11.3 Å². The highest BCUT2D eigenvalue weighted by Gasteiger charge is 2.31. The quantitative estimate of drug-likeness (QED) is 0.722. The summed E-state index contributed by atoms with van der Waals surface area (Å²) in [6.07, 6.45) is -4.54. The lowest BCUT2D eigenvalue weighted by Crippen LogP contribution is -2.35. The molecule has 0 aromatic heterocycles. The Morgan fingerprint density at radius 2 is 2.00 bits per heavy atom. The first-order valence-electron chi connectivity index (χ1n) is 6.70. The highest BCUT2D eigenvalue weighted by atomic mass is 32.2. The van der Waals surface area contributed by atoms with Crippen molar-refractivity contribution < 1.29 is 26.3 Å². The van der Waals surface area contributed by atoms with Gasteiger partial charge in [0, 0.05) is 26.6 Å². The lowest BCUT2D eigenvalue weighted by Gasteiger charge is -2.21. The van der Waals surface area contributed by atoms with Gasteiger partial charge in [0.05, 0.1) is 24.0 Å². The van der Waals surface area contributed by atoms with Crippen molar-refractivity contribution in [1.82, 2.24) is 4.31 Å². The van der Waals surface area contributed by atoms with Gasteiger partial charge >= 0.3 is 6.18 Å². The number of hydrogen-bond donors (Lipinski definition) is 0. The van der Waals surface area contributed by atoms with Crippen molar-refractivity contribution in [3.63, 3.8) is 0 Å². The summed E-state index contributed by atoms with van der Waals surface area (Å²) >= 11 is 0. The second kappa shape index (κ2) is 8.29. The van der Waals surface area contributed by atoms with Crippen molar-refractivity contribution in [3.8, 4) is 6.07 Å². The highest BCUT2D eigenvalue weighted by Crippen LogP contribution is 2.30. The van der Waals surface area contributed by atoms with Gasteiger partial charge in [0.15, 0.2) is 0 Å². The van der Waals surface area contributed by atoms with Crippen molar-refractivity contribution in [2.24, 2.45) is 0 Å². The fourth-order valence-electron chi connectivity index (χ4n) is 1.90. The standard InChI is InChI=1S/C14H17F3N2O3S/c1-22-9-8-19(7-3-6-18)23(20,21)11-12-4-2-5-13(10-12)14(15,16)17/h2,4-5,10H,3,7-9,11H2,1H3. The van der Waals surface area contributed by atoms with Crippen LogP contribution < -0.4 is 0 Å². The summed E-state index contributed by atoms with van der Waals surface area (Å²) < 4.78 is 68.6. The summed E-state index contributed by atoms with van der Waals surface area (Å²) in [5.74, 6) is -0.563. The second-order valence-corrected chi connectivity index (χ2v) is 6.72. The van der Waals surface area contributed by atoms with E-state index >= 15 is 0 Å². The van der Waals surface area contributed by atoms with E-state index in [2.05, 4.69) is 0 Å². The van der Waals surface area contributed by atoms with Crippen molar-refractivity contribution in [2.75, 3.05) is 26.8 Å². The van der Waals surface area contributed by atoms with E-state index in [4.69, 9.17) is 10.00 Å². The summed E-state index contributed by atoms with van der Waals surface area (Å²) in [7, 11) is -2.44. The summed E-state index contributed by atoms with van der Waals surface area (Å²) in [6, 6.07) is 6.04. The minimum absolute atomic E-state index is 0.00840. The number of halogens is 3. The normalized spacial score (nSPS) is 12.3. The molecule has 0 radical (unpaired) electrons. The molecule has 5 nitrogen and oxygen atoms in total. The maximum atomic E-state index is 12.7. The predicted molar refractivity (Wildman–Crippen MR) is 77.7 cm³/mol. The molecule has 0 heterocycles. The van der Waals surface area contributed by atoms with Crippen LogP contribution in [0.2, 0.25) is 0 Å². The summed E-state index contributed by atoms with van der Waals surface area (Å²) in [6.45, 7) is 0.147. The van der Waals surface area contributed by atoms with Gasteiger partial charge < -0.3 is 4.74 Å². The van der Waals surface area contributed by atoms with Gasteiger partial charge in [-0.3, -0.25) is 0 Å². The van der Waals surface area contributed by atoms with Crippen LogP contribution in [0.5, 0.6) is 0 Å². The molecule has 9 heteroatoms. The molecule has 0 spiro atoms. The summed E-state index contributed by atoms with van der Waals surface area (Å²) in [5.41, 5.74) is -0.857. The Labute approximate surface area is 133 Å². The molecule has 0 saturated heterocycles. The topological polar surface area (TPSA) is 70.4 Å². The largest absolute Gasteiger partial charge is 0.416 e. The molecule has 1 aromatic rings. The van der Waals surface area contributed by atoms with Gasteiger partial charge in [-0.1, -0.05) is 18.2 Å². The van der Waals surface area contributed by atoms with Gasteiger partial charge in [-0.25, -0.2) is 8.42 Å². The van der Waals surface area contributed by atoms with E-state index in [-0.39, 0.29) is 31.7 Å². The number of nitrogens with zero attached hydrogens (tertiary/aromatic N) is 2. The van der Waals surface area contributed by atoms with E-state index in [1.165, 1.54) is 19.2 Å². The van der Waals surface area contributed by atoms with E-state index in [0.29, 0.717) is 0 Å². The first-order chi connectivity index (χ1) is 10.7. The number of rotatable bonds is 8. The van der Waals surface area contributed by atoms with E-state index < -0.39 is 27.5 Å². The molecule has 1 aromatic carbocycles. The summed E-state index contributed by atoms with van der Waals surface area (Å²) in [4.78, 5) is 0. The fraction of sp³-hybridized carbons (Fsp3) is 0.500. The third-order valence-electron chi connectivity index (χ3n) is 3.01. The average Bonchev–Trinajstić information content (AvgIpc) is 2.46. The molecular weight excluding hydrogens is 333 g/mol. The van der Waals surface area contributed by atoms with Crippen molar-refractivity contribution in [2.45, 2.75) is 18.3 Å². The number of methoxy groups -OCH3 is 1. The third kappa shape index (κ3) is 6.17. The Morgan fingerprint density at radius 1 is 1.30 bits per heavy atom. The molecule has 0 unspecified atom stereocenters. The lowest BCUT2D eigenvalue weighted by atomic mass is 10.1. The molecule has 0 saturated carbocycles. The van der Waals surface area contributed by atoms with Gasteiger partial charge in [-0.15, -0.1) is 0 Å². The van der Waals surface area contributed by atoms with Crippen LogP contribution in [0.4, 0.5) is 13.2 Å². The Balaban J connectivity index is 2.96. The Kier molecular flexibility index (Phi) is 7.00. The second-order valence-electron chi connectivity index (χ2n) is 4.75. The van der Waals surface area contributed by atoms with Crippen molar-refractivity contribution in [3.05, 3.63) is 35.4 Å². The Bertz CT molecular complexity index is 654. The number of nitriles is 1. The van der Waals surface area contributed by atoms with E-state index in [1.807, 2.05) is 6.07 Å². The maximum absolute atomic E-state index is 12.7. The zero-order valence-corrected chi connectivity index (χ0v) is 13.3. The number of ether oxygens (including phenoxy) is 1. The van der Waals surface area contributed by atoms with Crippen molar-refractivity contribution >= 4 is 10.0 Å². The zero-order chi connectivity index (χ0) is 17.5. The summed E-state index contributed by atoms with van der Waals surface area (Å²) in [5, 5.41) is 8.59. The first kappa shape index (κ1) is 19.4. The van der Waals surface area contributed by atoms with Gasteiger partial charge in [-0.2, -0.15) is 22.7 Å². The molecule has 0 atom stereocenters. The molecule has 23 heavy (non-hydrogen) atoms. The van der Waals surface area contributed by atoms with Crippen LogP contribution in [0.15, 0.2) is 24.3 Å². The Morgan fingerprint density at radius 3 is 2.57 bits per heavy atom. The first-order valence-corrected chi connectivity index (χ1v) is 8.31. The molecule has 128 valence electrons. The van der Waals surface area contributed by atoms with Crippen LogP contribution in [0.25, 0.3) is 0 Å². The predicted octanol–water partition coefficient (Wildman–Crippen LogP) is 2.40. The molecule has 1 rings (SSSR count). The minimum atomic E-state index is -4.53. The molecule has 0 amide bonds. The zero-order valence-electron chi connectivity index (χ0n) is 12.5. The monoisotopic (exact) mass is 350 g/mol. The van der Waals surface area contributed by atoms with Crippen LogP contribution in [-0.2, 0) is 26.7 Å². The van der Waals surface area contributed by atoms with Crippen LogP contribution in [0.1, 0.15) is 17.5 Å². The smallest absolute Gasteiger partial charge is 0.383 e. The molecule has 0 N–H and O–H groups in total. The Hall–Kier alpha value is -1.63. The SMILES string of the molecule is COCCN(CCC#N)S(=O)(=O)Cc1cccc(C(F)(F)F)c1. The van der Waals surface area contributed by atoms with Crippen molar-refractivity contribution in [1.29, 1.82) is 5.26 Å². The average molecular weight is 350 g/mol. The molecule has 0 bridgehead atoms. The van der Waals surface area contributed by atoms with E-state index in [0.717, 1.165) is 16.4 Å². The van der Waals surface area contributed by atoms with Crippen LogP contribution >= 0.6 is 0 Å². The molecule has 0 aliphatic carbocycles. The van der Waals surface area contributed by atoms with Crippen LogP contribution in [0.3, 0.4) is 0 Å². The van der Waals surface area contributed by atoms with Gasteiger partial charge in [0.2, 0.25) is 10.0 Å².